The van der Waals surface area contributed by atoms with Crippen LogP contribution in [-0.2, 0) is 11.2 Å². The van der Waals surface area contributed by atoms with Crippen molar-refractivity contribution in [1.82, 2.24) is 0 Å². The number of nitrogens with zero attached hydrogens (tertiary/aromatic N) is 1. The zero-order valence-corrected chi connectivity index (χ0v) is 12.5. The summed E-state index contributed by atoms with van der Waals surface area (Å²) in [4.78, 5) is 13.4. The number of hydrogen-bond acceptors (Lipinski definition) is 2. The first kappa shape index (κ1) is 13.5. The summed E-state index contributed by atoms with van der Waals surface area (Å²) in [7, 11) is 0. The Kier molecular flexibility index (Phi) is 3.68. The predicted octanol–water partition coefficient (Wildman–Crippen LogP) is 3.59. The van der Waals surface area contributed by atoms with Crippen molar-refractivity contribution in [1.29, 1.82) is 0 Å². The van der Waals surface area contributed by atoms with Crippen molar-refractivity contribution < 1.29 is 4.79 Å². The molecule has 1 amide bonds. The van der Waals surface area contributed by atoms with Crippen LogP contribution in [0.25, 0.3) is 0 Å². The molecule has 1 aromatic carbocycles. The highest BCUT2D eigenvalue weighted by Gasteiger charge is 2.23. The van der Waals surface area contributed by atoms with E-state index in [4.69, 9.17) is 0 Å². The van der Waals surface area contributed by atoms with Gasteiger partial charge in [-0.2, -0.15) is 0 Å². The lowest BCUT2D eigenvalue weighted by atomic mass is 9.87. The second-order valence-electron chi connectivity index (χ2n) is 6.38. The Morgan fingerprint density at radius 3 is 2.95 bits per heavy atom. The van der Waals surface area contributed by atoms with Crippen LogP contribution in [0.5, 0.6) is 0 Å². The first-order chi connectivity index (χ1) is 9.63. The smallest absolute Gasteiger partial charge is 0.223 e. The summed E-state index contributed by atoms with van der Waals surface area (Å²) >= 11 is 0. The summed E-state index contributed by atoms with van der Waals surface area (Å²) in [6, 6.07) is 7.07. The quantitative estimate of drug-likeness (QED) is 0.892. The normalized spacial score (nSPS) is 25.4. The van der Waals surface area contributed by atoms with Crippen LogP contribution in [-0.4, -0.2) is 18.5 Å². The number of amides is 1. The van der Waals surface area contributed by atoms with Crippen molar-refractivity contribution in [3.63, 3.8) is 0 Å². The van der Waals surface area contributed by atoms with E-state index in [1.807, 2.05) is 4.90 Å². The highest BCUT2D eigenvalue weighted by atomic mass is 16.2. The molecule has 2 aliphatic rings. The maximum atomic E-state index is 11.6. The Labute approximate surface area is 121 Å². The molecule has 1 saturated carbocycles. The Bertz CT molecular complexity index is 512. The van der Waals surface area contributed by atoms with Crippen LogP contribution >= 0.6 is 0 Å². The monoisotopic (exact) mass is 272 g/mol. The number of fused-ring (bicyclic) bond motifs is 1. The van der Waals surface area contributed by atoms with Gasteiger partial charge in [0.1, 0.15) is 0 Å². The molecule has 1 aromatic rings. The molecule has 3 rings (SSSR count). The predicted molar refractivity (Wildman–Crippen MR) is 83.2 cm³/mol. The molecular formula is C17H24N2O. The third-order valence-corrected chi connectivity index (χ3v) is 4.66. The average molecular weight is 272 g/mol. The van der Waals surface area contributed by atoms with Gasteiger partial charge in [0.05, 0.1) is 0 Å². The molecule has 2 atom stereocenters. The maximum absolute atomic E-state index is 11.6. The molecule has 108 valence electrons. The topological polar surface area (TPSA) is 32.3 Å². The number of rotatable bonds is 2. The van der Waals surface area contributed by atoms with Crippen LogP contribution < -0.4 is 10.2 Å². The number of hydrogen-bond donors (Lipinski definition) is 1. The van der Waals surface area contributed by atoms with E-state index in [1.54, 1.807) is 6.92 Å². The van der Waals surface area contributed by atoms with Gasteiger partial charge in [0.2, 0.25) is 5.91 Å². The summed E-state index contributed by atoms with van der Waals surface area (Å²) in [5.74, 6) is 0.981. The van der Waals surface area contributed by atoms with Crippen LogP contribution in [0.15, 0.2) is 18.2 Å². The molecule has 2 unspecified atom stereocenters. The van der Waals surface area contributed by atoms with E-state index in [1.165, 1.54) is 36.9 Å². The molecule has 0 bridgehead atoms. The largest absolute Gasteiger partial charge is 0.382 e. The van der Waals surface area contributed by atoms with Gasteiger partial charge in [-0.25, -0.2) is 0 Å². The molecular weight excluding hydrogens is 248 g/mol. The van der Waals surface area contributed by atoms with Crippen LogP contribution in [0.1, 0.15) is 45.1 Å². The van der Waals surface area contributed by atoms with E-state index in [9.17, 15) is 4.79 Å². The second-order valence-corrected chi connectivity index (χ2v) is 6.38. The summed E-state index contributed by atoms with van der Waals surface area (Å²) in [6.07, 6.45) is 6.24. The fourth-order valence-electron chi connectivity index (χ4n) is 3.62. The Morgan fingerprint density at radius 1 is 1.35 bits per heavy atom. The van der Waals surface area contributed by atoms with Crippen molar-refractivity contribution in [2.75, 3.05) is 16.8 Å². The molecule has 1 aliphatic carbocycles. The lowest BCUT2D eigenvalue weighted by Crippen LogP contribution is -2.26. The summed E-state index contributed by atoms with van der Waals surface area (Å²) < 4.78 is 0. The van der Waals surface area contributed by atoms with Gasteiger partial charge >= 0.3 is 0 Å². The van der Waals surface area contributed by atoms with Gasteiger partial charge in [0.25, 0.3) is 0 Å². The molecule has 1 heterocycles. The molecule has 0 aromatic heterocycles. The van der Waals surface area contributed by atoms with E-state index in [2.05, 4.69) is 30.4 Å². The zero-order chi connectivity index (χ0) is 14.1. The van der Waals surface area contributed by atoms with E-state index in [0.717, 1.165) is 24.6 Å². The third kappa shape index (κ3) is 2.67. The van der Waals surface area contributed by atoms with Crippen LogP contribution in [0, 0.1) is 5.92 Å². The van der Waals surface area contributed by atoms with E-state index in [0.29, 0.717) is 6.04 Å². The molecule has 3 nitrogen and oxygen atoms in total. The van der Waals surface area contributed by atoms with E-state index < -0.39 is 0 Å². The molecule has 0 spiro atoms. The molecule has 20 heavy (non-hydrogen) atoms. The average Bonchev–Trinajstić information content (AvgIpc) is 2.82. The first-order valence-electron chi connectivity index (χ1n) is 7.81. The molecule has 1 fully saturated rings. The lowest BCUT2D eigenvalue weighted by Gasteiger charge is -2.28. The van der Waals surface area contributed by atoms with Crippen LogP contribution in [0.4, 0.5) is 11.4 Å². The summed E-state index contributed by atoms with van der Waals surface area (Å²) in [5, 5.41) is 3.68. The highest BCUT2D eigenvalue weighted by Crippen LogP contribution is 2.32. The van der Waals surface area contributed by atoms with E-state index >= 15 is 0 Å². The molecule has 3 heteroatoms. The van der Waals surface area contributed by atoms with Crippen molar-refractivity contribution in [3.8, 4) is 0 Å². The Morgan fingerprint density at radius 2 is 2.20 bits per heavy atom. The van der Waals surface area contributed by atoms with E-state index in [-0.39, 0.29) is 5.91 Å². The molecule has 0 radical (unpaired) electrons. The number of benzene rings is 1. The van der Waals surface area contributed by atoms with Gasteiger partial charge < -0.3 is 10.2 Å². The third-order valence-electron chi connectivity index (χ3n) is 4.66. The van der Waals surface area contributed by atoms with Crippen LogP contribution in [0.3, 0.4) is 0 Å². The van der Waals surface area contributed by atoms with Gasteiger partial charge in [-0.05, 0) is 48.9 Å². The maximum Gasteiger partial charge on any atom is 0.223 e. The fourth-order valence-corrected chi connectivity index (χ4v) is 3.62. The number of nitrogens with one attached hydrogen (secondary N) is 1. The van der Waals surface area contributed by atoms with Crippen LogP contribution in [0.2, 0.25) is 0 Å². The minimum Gasteiger partial charge on any atom is -0.382 e. The molecule has 0 saturated heterocycles. The minimum absolute atomic E-state index is 0.144. The summed E-state index contributed by atoms with van der Waals surface area (Å²) in [5.41, 5.74) is 3.61. The van der Waals surface area contributed by atoms with Gasteiger partial charge in [0, 0.05) is 30.9 Å². The Hall–Kier alpha value is -1.51. The zero-order valence-electron chi connectivity index (χ0n) is 12.5. The molecule has 1 N–H and O–H groups in total. The first-order valence-corrected chi connectivity index (χ1v) is 7.81. The van der Waals surface area contributed by atoms with Gasteiger partial charge in [-0.1, -0.05) is 19.8 Å². The summed E-state index contributed by atoms with van der Waals surface area (Å²) in [6.45, 7) is 4.82. The minimum atomic E-state index is 0.144. The van der Waals surface area contributed by atoms with Crippen molar-refractivity contribution in [2.45, 2.75) is 52.0 Å². The fraction of sp³-hybridized carbons (Fsp3) is 0.588. The van der Waals surface area contributed by atoms with Crippen molar-refractivity contribution in [3.05, 3.63) is 23.8 Å². The standard InChI is InChI=1S/C17H24N2O/c1-12-4-3-5-15(10-12)18-16-6-7-17-14(11-16)8-9-19(17)13(2)20/h6-7,11-12,15,18H,3-5,8-10H2,1-2H3. The van der Waals surface area contributed by atoms with Gasteiger partial charge in [0.15, 0.2) is 0 Å². The van der Waals surface area contributed by atoms with Gasteiger partial charge in [-0.3, -0.25) is 4.79 Å². The Balaban J connectivity index is 1.72. The van der Waals surface area contributed by atoms with Crippen molar-refractivity contribution in [2.24, 2.45) is 5.92 Å². The number of anilines is 2. The second kappa shape index (κ2) is 5.47. The lowest BCUT2D eigenvalue weighted by molar-refractivity contribution is -0.116. The number of carbonyl (C=O) groups excluding carboxylic acids is 1. The van der Waals surface area contributed by atoms with Gasteiger partial charge in [-0.15, -0.1) is 0 Å². The molecule has 1 aliphatic heterocycles. The highest BCUT2D eigenvalue weighted by molar-refractivity contribution is 5.94. The number of carbonyl (C=O) groups is 1. The van der Waals surface area contributed by atoms with Crippen molar-refractivity contribution >= 4 is 17.3 Å². The SMILES string of the molecule is CC(=O)N1CCc2cc(NC3CCCC(C)C3)ccc21.